The van der Waals surface area contributed by atoms with Gasteiger partial charge in [0.1, 0.15) is 12.6 Å². The van der Waals surface area contributed by atoms with E-state index in [4.69, 9.17) is 10.2 Å². The van der Waals surface area contributed by atoms with Crippen LogP contribution < -0.4 is 0 Å². The van der Waals surface area contributed by atoms with Gasteiger partial charge in [0, 0.05) is 13.6 Å². The van der Waals surface area contributed by atoms with Crippen LogP contribution in [0.25, 0.3) is 0 Å². The van der Waals surface area contributed by atoms with Crippen molar-refractivity contribution in [3.05, 3.63) is 0 Å². The van der Waals surface area contributed by atoms with Gasteiger partial charge in [-0.2, -0.15) is 0 Å². The number of likely N-dealkylation sites (N-methyl/N-ethyl adjacent to an activating group) is 1. The average Bonchev–Trinajstić information content (AvgIpc) is 2.49. The highest BCUT2D eigenvalue weighted by molar-refractivity contribution is 5.74. The lowest BCUT2D eigenvalue weighted by Gasteiger charge is -2.29. The minimum atomic E-state index is -0.955. The number of carboxylic acid groups (broad SMARTS) is 2. The maximum Gasteiger partial charge on any atom is 0.322 e. The fourth-order valence-electron chi connectivity index (χ4n) is 1.70. The predicted octanol–water partition coefficient (Wildman–Crippen LogP) is -0.533. The van der Waals surface area contributed by atoms with E-state index in [9.17, 15) is 9.59 Å². The molecule has 1 aliphatic heterocycles. The summed E-state index contributed by atoms with van der Waals surface area (Å²) in [6.45, 7) is 0.449. The van der Waals surface area contributed by atoms with Crippen LogP contribution in [0.15, 0.2) is 0 Å². The lowest BCUT2D eigenvalue weighted by molar-refractivity contribution is -0.154. The number of hydrogen-bond donors (Lipinski definition) is 2. The highest BCUT2D eigenvalue weighted by atomic mass is 16.4. The summed E-state index contributed by atoms with van der Waals surface area (Å²) in [6.07, 6.45) is 1.38. The summed E-state index contributed by atoms with van der Waals surface area (Å²) in [5, 5.41) is 20.5. The molecule has 1 rings (SSSR count). The third-order valence-corrected chi connectivity index (χ3v) is 2.31. The average molecular weight is 202 g/mol. The Morgan fingerprint density at radius 3 is 2.64 bits per heavy atom. The Hall–Kier alpha value is -1.14. The van der Waals surface area contributed by atoms with Gasteiger partial charge in [0.2, 0.25) is 0 Å². The van der Waals surface area contributed by atoms with Gasteiger partial charge in [0.25, 0.3) is 0 Å². The molecule has 0 amide bonds. The minimum Gasteiger partial charge on any atom is -0.480 e. The van der Waals surface area contributed by atoms with Crippen LogP contribution in [0.4, 0.5) is 0 Å². The predicted molar refractivity (Wildman–Crippen MR) is 47.6 cm³/mol. The topological polar surface area (TPSA) is 81.1 Å². The van der Waals surface area contributed by atoms with Gasteiger partial charge in [-0.1, -0.05) is 0 Å². The Balaban J connectivity index is 2.57. The second-order valence-electron chi connectivity index (χ2n) is 3.37. The maximum absolute atomic E-state index is 10.8. The number of carboxylic acids is 2. The molecular weight excluding hydrogens is 188 g/mol. The minimum absolute atomic E-state index is 0.163. The van der Waals surface area contributed by atoms with E-state index in [0.717, 1.165) is 6.42 Å². The Morgan fingerprint density at radius 1 is 1.50 bits per heavy atom. The number of hydrogen-bond acceptors (Lipinski definition) is 4. The van der Waals surface area contributed by atoms with Gasteiger partial charge in [-0.3, -0.25) is 9.59 Å². The monoisotopic (exact) mass is 202 g/mol. The van der Waals surface area contributed by atoms with Crippen LogP contribution in [0, 0.1) is 0 Å². The Labute approximate surface area is 81.7 Å². The molecule has 80 valence electrons. The van der Waals surface area contributed by atoms with Crippen molar-refractivity contribution in [1.82, 2.24) is 10.0 Å². The maximum atomic E-state index is 10.8. The van der Waals surface area contributed by atoms with E-state index < -0.39 is 18.0 Å². The molecule has 6 heteroatoms. The van der Waals surface area contributed by atoms with Gasteiger partial charge in [0.05, 0.1) is 0 Å². The molecule has 14 heavy (non-hydrogen) atoms. The van der Waals surface area contributed by atoms with Crippen LogP contribution in [0.1, 0.15) is 12.8 Å². The molecule has 1 heterocycles. The molecule has 1 fully saturated rings. The van der Waals surface area contributed by atoms with Gasteiger partial charge in [-0.15, -0.1) is 0 Å². The van der Waals surface area contributed by atoms with Gasteiger partial charge >= 0.3 is 11.9 Å². The molecule has 0 radical (unpaired) electrons. The van der Waals surface area contributed by atoms with E-state index in [1.165, 1.54) is 5.01 Å². The summed E-state index contributed by atoms with van der Waals surface area (Å²) < 4.78 is 0. The SMILES string of the molecule is CN(CC(=O)O)N1CCC[C@H]1C(=O)O. The fourth-order valence-corrected chi connectivity index (χ4v) is 1.70. The summed E-state index contributed by atoms with van der Waals surface area (Å²) in [5.41, 5.74) is 0. The number of hydrazine groups is 1. The van der Waals surface area contributed by atoms with Gasteiger partial charge in [-0.25, -0.2) is 10.0 Å². The summed E-state index contributed by atoms with van der Waals surface area (Å²) in [7, 11) is 1.59. The zero-order valence-corrected chi connectivity index (χ0v) is 8.01. The highest BCUT2D eigenvalue weighted by Crippen LogP contribution is 2.18. The van der Waals surface area contributed by atoms with Gasteiger partial charge in [-0.05, 0) is 12.8 Å². The van der Waals surface area contributed by atoms with Crippen LogP contribution in [-0.2, 0) is 9.59 Å². The molecule has 1 aliphatic rings. The van der Waals surface area contributed by atoms with Crippen LogP contribution in [0.3, 0.4) is 0 Å². The molecule has 0 aromatic carbocycles. The molecular formula is C8H14N2O4. The lowest BCUT2D eigenvalue weighted by Crippen LogP contribution is -2.48. The summed E-state index contributed by atoms with van der Waals surface area (Å²) in [6, 6.07) is -0.570. The Kier molecular flexibility index (Phi) is 3.43. The molecule has 6 nitrogen and oxygen atoms in total. The van der Waals surface area contributed by atoms with Crippen molar-refractivity contribution >= 4 is 11.9 Å². The summed E-state index contributed by atoms with van der Waals surface area (Å²) >= 11 is 0. The normalized spacial score (nSPS) is 22.9. The molecule has 0 aromatic rings. The van der Waals surface area contributed by atoms with Crippen molar-refractivity contribution < 1.29 is 19.8 Å². The van der Waals surface area contributed by atoms with Crippen LogP contribution in [0.5, 0.6) is 0 Å². The van der Waals surface area contributed by atoms with Gasteiger partial charge < -0.3 is 10.2 Å². The highest BCUT2D eigenvalue weighted by Gasteiger charge is 2.33. The standard InChI is InChI=1S/C8H14N2O4/c1-9(5-7(11)12)10-4-2-3-6(10)8(13)14/h6H,2-5H2,1H3,(H,11,12)(H,13,14)/t6-/m0/s1. The van der Waals surface area contributed by atoms with Crippen LogP contribution >= 0.6 is 0 Å². The fraction of sp³-hybridized carbons (Fsp3) is 0.750. The third-order valence-electron chi connectivity index (χ3n) is 2.31. The molecule has 1 atom stereocenters. The zero-order valence-electron chi connectivity index (χ0n) is 8.01. The smallest absolute Gasteiger partial charge is 0.322 e. The van der Waals surface area contributed by atoms with E-state index in [1.54, 1.807) is 12.1 Å². The Morgan fingerprint density at radius 2 is 2.14 bits per heavy atom. The molecule has 0 bridgehead atoms. The molecule has 0 spiro atoms. The van der Waals surface area contributed by atoms with Crippen molar-refractivity contribution in [2.45, 2.75) is 18.9 Å². The first kappa shape index (κ1) is 10.9. The van der Waals surface area contributed by atoms with Crippen LogP contribution in [0.2, 0.25) is 0 Å². The van der Waals surface area contributed by atoms with Crippen molar-refractivity contribution in [2.24, 2.45) is 0 Å². The molecule has 0 unspecified atom stereocenters. The molecule has 2 N–H and O–H groups in total. The molecule has 0 aromatic heterocycles. The summed E-state index contributed by atoms with van der Waals surface area (Å²) in [4.78, 5) is 21.2. The zero-order chi connectivity index (χ0) is 10.7. The van der Waals surface area contributed by atoms with E-state index >= 15 is 0 Å². The van der Waals surface area contributed by atoms with E-state index in [-0.39, 0.29) is 6.54 Å². The second kappa shape index (κ2) is 4.39. The third kappa shape index (κ3) is 2.43. The molecule has 1 saturated heterocycles. The quantitative estimate of drug-likeness (QED) is 0.637. The second-order valence-corrected chi connectivity index (χ2v) is 3.37. The van der Waals surface area contributed by atoms with E-state index in [1.807, 2.05) is 0 Å². The lowest BCUT2D eigenvalue weighted by atomic mass is 10.2. The number of nitrogens with zero attached hydrogens (tertiary/aromatic N) is 2. The number of rotatable bonds is 4. The van der Waals surface area contributed by atoms with Crippen molar-refractivity contribution in [1.29, 1.82) is 0 Å². The van der Waals surface area contributed by atoms with Crippen molar-refractivity contribution in [2.75, 3.05) is 20.1 Å². The molecule has 0 saturated carbocycles. The summed E-state index contributed by atoms with van der Waals surface area (Å²) in [5.74, 6) is -1.84. The van der Waals surface area contributed by atoms with E-state index in [0.29, 0.717) is 13.0 Å². The largest absolute Gasteiger partial charge is 0.480 e. The first-order valence-corrected chi connectivity index (χ1v) is 4.44. The van der Waals surface area contributed by atoms with Crippen molar-refractivity contribution in [3.8, 4) is 0 Å². The van der Waals surface area contributed by atoms with Crippen molar-refractivity contribution in [3.63, 3.8) is 0 Å². The first-order chi connectivity index (χ1) is 6.52. The number of carbonyl (C=O) groups is 2. The first-order valence-electron chi connectivity index (χ1n) is 4.44. The molecule has 0 aliphatic carbocycles. The van der Waals surface area contributed by atoms with E-state index in [2.05, 4.69) is 0 Å². The van der Waals surface area contributed by atoms with Crippen LogP contribution in [-0.4, -0.2) is 58.3 Å². The van der Waals surface area contributed by atoms with Gasteiger partial charge in [0.15, 0.2) is 0 Å². The number of aliphatic carboxylic acids is 2. The Bertz CT molecular complexity index is 243.